The van der Waals surface area contributed by atoms with Crippen LogP contribution in [0.4, 0.5) is 11.4 Å². The van der Waals surface area contributed by atoms with E-state index in [1.54, 1.807) is 25.1 Å². The van der Waals surface area contributed by atoms with E-state index in [1.165, 1.54) is 12.1 Å². The molecule has 0 saturated carbocycles. The highest BCUT2D eigenvalue weighted by Gasteiger charge is 2.22. The van der Waals surface area contributed by atoms with Gasteiger partial charge in [0.2, 0.25) is 10.0 Å². The number of nitrogens with zero attached hydrogens (tertiary/aromatic N) is 2. The molecule has 24 heavy (non-hydrogen) atoms. The molecule has 2 rings (SSSR count). The summed E-state index contributed by atoms with van der Waals surface area (Å²) in [6, 6.07) is 10.9. The first kappa shape index (κ1) is 17.7. The van der Waals surface area contributed by atoms with Crippen molar-refractivity contribution >= 4 is 21.4 Å². The number of nitro benzene ring substituents is 1. The summed E-state index contributed by atoms with van der Waals surface area (Å²) in [7, 11) is -0.798. The zero-order valence-electron chi connectivity index (χ0n) is 13.2. The van der Waals surface area contributed by atoms with Gasteiger partial charge < -0.3 is 9.64 Å². The van der Waals surface area contributed by atoms with Crippen molar-refractivity contribution in [3.05, 3.63) is 58.1 Å². The van der Waals surface area contributed by atoms with E-state index in [-0.39, 0.29) is 16.3 Å². The zero-order chi connectivity index (χ0) is 17.9. The Bertz CT molecular complexity index is 867. The highest BCUT2D eigenvalue weighted by Crippen LogP contribution is 2.31. The molecule has 8 nitrogen and oxygen atoms in total. The topological polar surface area (TPSA) is 116 Å². The number of nitrogens with two attached hydrogens (primary N) is 1. The van der Waals surface area contributed by atoms with Gasteiger partial charge in [0.25, 0.3) is 5.69 Å². The van der Waals surface area contributed by atoms with Crippen molar-refractivity contribution in [1.29, 1.82) is 0 Å². The Morgan fingerprint density at radius 3 is 2.50 bits per heavy atom. The van der Waals surface area contributed by atoms with Crippen LogP contribution < -0.4 is 14.8 Å². The minimum absolute atomic E-state index is 0.276. The molecule has 0 spiro atoms. The smallest absolute Gasteiger partial charge is 0.293 e. The standard InChI is InChI=1S/C15H17N3O5S/c1-17(10-11-5-3-4-6-15(11)23-2)13-8-7-12(24(16,21)22)9-14(13)18(19)20/h3-9H,10H2,1-2H3,(H2,16,21,22). The maximum atomic E-state index is 11.4. The predicted molar refractivity (Wildman–Crippen MR) is 89.6 cm³/mol. The molecule has 128 valence electrons. The van der Waals surface area contributed by atoms with Gasteiger partial charge in [-0.2, -0.15) is 0 Å². The first-order valence-corrected chi connectivity index (χ1v) is 8.43. The molecule has 2 aromatic rings. The molecule has 0 amide bonds. The molecule has 2 aromatic carbocycles. The fourth-order valence-electron chi connectivity index (χ4n) is 2.32. The van der Waals surface area contributed by atoms with Gasteiger partial charge in [0.15, 0.2) is 0 Å². The van der Waals surface area contributed by atoms with E-state index in [1.807, 2.05) is 18.2 Å². The first-order chi connectivity index (χ1) is 11.2. The summed E-state index contributed by atoms with van der Waals surface area (Å²) in [6.45, 7) is 0.347. The summed E-state index contributed by atoms with van der Waals surface area (Å²) in [5.41, 5.74) is 0.782. The number of para-hydroxylation sites is 1. The van der Waals surface area contributed by atoms with Crippen molar-refractivity contribution in [3.63, 3.8) is 0 Å². The number of methoxy groups -OCH3 is 1. The van der Waals surface area contributed by atoms with Gasteiger partial charge in [-0.15, -0.1) is 0 Å². The van der Waals surface area contributed by atoms with Crippen LogP contribution in [0.25, 0.3) is 0 Å². The van der Waals surface area contributed by atoms with E-state index in [0.29, 0.717) is 12.3 Å². The van der Waals surface area contributed by atoms with E-state index in [4.69, 9.17) is 9.88 Å². The summed E-state index contributed by atoms with van der Waals surface area (Å²) in [4.78, 5) is 12.0. The predicted octanol–water partition coefficient (Wildman–Crippen LogP) is 1.89. The molecule has 0 aliphatic heterocycles. The average Bonchev–Trinajstić information content (AvgIpc) is 2.53. The molecular formula is C15H17N3O5S. The summed E-state index contributed by atoms with van der Waals surface area (Å²) in [5, 5.41) is 16.3. The van der Waals surface area contributed by atoms with Crippen LogP contribution in [0, 0.1) is 10.1 Å². The molecule has 0 atom stereocenters. The molecule has 0 bridgehead atoms. The van der Waals surface area contributed by atoms with E-state index < -0.39 is 14.9 Å². The fraction of sp³-hybridized carbons (Fsp3) is 0.200. The number of nitro groups is 1. The molecule has 2 N–H and O–H groups in total. The van der Waals surface area contributed by atoms with Gasteiger partial charge >= 0.3 is 0 Å². The molecule has 0 radical (unpaired) electrons. The largest absolute Gasteiger partial charge is 0.496 e. The third-order valence-corrected chi connectivity index (χ3v) is 4.39. The van der Waals surface area contributed by atoms with Crippen molar-refractivity contribution in [2.24, 2.45) is 5.14 Å². The maximum Gasteiger partial charge on any atom is 0.293 e. The Balaban J connectivity index is 2.42. The molecule has 0 aromatic heterocycles. The van der Waals surface area contributed by atoms with E-state index in [0.717, 1.165) is 11.6 Å². The van der Waals surface area contributed by atoms with Gasteiger partial charge in [-0.05, 0) is 18.2 Å². The second kappa shape index (κ2) is 6.85. The molecule has 0 aliphatic rings. The van der Waals surface area contributed by atoms with Crippen LogP contribution >= 0.6 is 0 Å². The maximum absolute atomic E-state index is 11.4. The number of primary sulfonamides is 1. The summed E-state index contributed by atoms with van der Waals surface area (Å²) in [6.07, 6.45) is 0. The van der Waals surface area contributed by atoms with Crippen LogP contribution in [0.3, 0.4) is 0 Å². The zero-order valence-corrected chi connectivity index (χ0v) is 14.0. The highest BCUT2D eigenvalue weighted by atomic mass is 32.2. The van der Waals surface area contributed by atoms with Gasteiger partial charge in [-0.25, -0.2) is 13.6 Å². The Morgan fingerprint density at radius 1 is 1.25 bits per heavy atom. The third-order valence-electron chi connectivity index (χ3n) is 3.48. The molecule has 0 heterocycles. The lowest BCUT2D eigenvalue weighted by Gasteiger charge is -2.20. The Morgan fingerprint density at radius 2 is 1.92 bits per heavy atom. The molecule has 0 unspecified atom stereocenters. The van der Waals surface area contributed by atoms with E-state index in [2.05, 4.69) is 0 Å². The molecule has 0 fully saturated rings. The number of hydrogen-bond donors (Lipinski definition) is 1. The van der Waals surface area contributed by atoms with Crippen LogP contribution in [-0.2, 0) is 16.6 Å². The van der Waals surface area contributed by atoms with Crippen molar-refractivity contribution < 1.29 is 18.1 Å². The minimum Gasteiger partial charge on any atom is -0.496 e. The van der Waals surface area contributed by atoms with Crippen molar-refractivity contribution in [2.75, 3.05) is 19.1 Å². The van der Waals surface area contributed by atoms with Crippen molar-refractivity contribution in [1.82, 2.24) is 0 Å². The van der Waals surface area contributed by atoms with Crippen LogP contribution in [0.1, 0.15) is 5.56 Å². The number of sulfonamides is 1. The van der Waals surface area contributed by atoms with E-state index in [9.17, 15) is 18.5 Å². The number of benzene rings is 2. The van der Waals surface area contributed by atoms with Gasteiger partial charge in [-0.1, -0.05) is 18.2 Å². The van der Waals surface area contributed by atoms with Crippen LogP contribution in [0.2, 0.25) is 0 Å². The molecule has 9 heteroatoms. The average molecular weight is 351 g/mol. The van der Waals surface area contributed by atoms with Gasteiger partial charge in [0.1, 0.15) is 11.4 Å². The second-order valence-corrected chi connectivity index (χ2v) is 6.68. The van der Waals surface area contributed by atoms with Gasteiger partial charge in [0, 0.05) is 25.2 Å². The SMILES string of the molecule is COc1ccccc1CN(C)c1ccc(S(N)(=O)=O)cc1[N+](=O)[O-]. The van der Waals surface area contributed by atoms with Gasteiger partial charge in [0.05, 0.1) is 16.9 Å². The minimum atomic E-state index is -4.01. The number of hydrogen-bond acceptors (Lipinski definition) is 6. The molecular weight excluding hydrogens is 334 g/mol. The molecule has 0 saturated heterocycles. The highest BCUT2D eigenvalue weighted by molar-refractivity contribution is 7.89. The first-order valence-electron chi connectivity index (χ1n) is 6.88. The Kier molecular flexibility index (Phi) is 5.05. The number of rotatable bonds is 6. The van der Waals surface area contributed by atoms with Crippen molar-refractivity contribution in [2.45, 2.75) is 11.4 Å². The Hall–Kier alpha value is -2.65. The second-order valence-electron chi connectivity index (χ2n) is 5.12. The van der Waals surface area contributed by atoms with Crippen LogP contribution in [0.15, 0.2) is 47.4 Å². The molecule has 0 aliphatic carbocycles. The van der Waals surface area contributed by atoms with Crippen LogP contribution in [0.5, 0.6) is 5.75 Å². The van der Waals surface area contributed by atoms with E-state index >= 15 is 0 Å². The van der Waals surface area contributed by atoms with Crippen molar-refractivity contribution in [3.8, 4) is 5.75 Å². The normalized spacial score (nSPS) is 11.1. The Labute approximate surface area is 139 Å². The summed E-state index contributed by atoms with van der Waals surface area (Å²) in [5.74, 6) is 0.660. The van der Waals surface area contributed by atoms with Gasteiger partial charge in [-0.3, -0.25) is 10.1 Å². The lowest BCUT2D eigenvalue weighted by atomic mass is 10.1. The lowest BCUT2D eigenvalue weighted by Crippen LogP contribution is -2.19. The van der Waals surface area contributed by atoms with Crippen LogP contribution in [-0.4, -0.2) is 27.5 Å². The monoisotopic (exact) mass is 351 g/mol. The summed E-state index contributed by atoms with van der Waals surface area (Å²) < 4.78 is 28.0. The summed E-state index contributed by atoms with van der Waals surface area (Å²) >= 11 is 0. The lowest BCUT2D eigenvalue weighted by molar-refractivity contribution is -0.384. The fourth-order valence-corrected chi connectivity index (χ4v) is 2.86. The third kappa shape index (κ3) is 3.81. The number of anilines is 1. The quantitative estimate of drug-likeness (QED) is 0.627. The number of ether oxygens (including phenoxy) is 1.